The van der Waals surface area contributed by atoms with Crippen molar-refractivity contribution in [3.05, 3.63) is 60.4 Å². The molecule has 0 spiro atoms. The highest BCUT2D eigenvalue weighted by Crippen LogP contribution is 2.22. The molecule has 2 amide bonds. The van der Waals surface area contributed by atoms with E-state index in [-0.39, 0.29) is 17.6 Å². The van der Waals surface area contributed by atoms with Gasteiger partial charge in [0.05, 0.1) is 5.75 Å². The number of hydrogen-bond acceptors (Lipinski definition) is 5. The van der Waals surface area contributed by atoms with Gasteiger partial charge in [-0.15, -0.1) is 10.2 Å². The lowest BCUT2D eigenvalue weighted by atomic mass is 10.0. The second kappa shape index (κ2) is 10.1. The van der Waals surface area contributed by atoms with E-state index >= 15 is 0 Å². The average Bonchev–Trinajstić information content (AvgIpc) is 3.22. The molecule has 0 aliphatic carbocycles. The van der Waals surface area contributed by atoms with Gasteiger partial charge in [0, 0.05) is 23.5 Å². The van der Waals surface area contributed by atoms with Crippen LogP contribution in [-0.2, 0) is 9.59 Å². The highest BCUT2D eigenvalue weighted by Gasteiger charge is 2.11. The van der Waals surface area contributed by atoms with Crippen LogP contribution in [0.15, 0.2) is 60.0 Å². The summed E-state index contributed by atoms with van der Waals surface area (Å²) in [5.74, 6) is 0.479. The van der Waals surface area contributed by atoms with Crippen LogP contribution in [-0.4, -0.2) is 32.3 Å². The second-order valence-electron chi connectivity index (χ2n) is 7.05. The summed E-state index contributed by atoms with van der Waals surface area (Å²) in [5.41, 5.74) is 3.59. The van der Waals surface area contributed by atoms with Gasteiger partial charge in [-0.05, 0) is 47.9 Å². The lowest BCUT2D eigenvalue weighted by Crippen LogP contribution is -2.14. The van der Waals surface area contributed by atoms with Gasteiger partial charge < -0.3 is 10.6 Å². The number of nitrogens with one attached hydrogen (secondary N) is 2. The average molecular weight is 424 g/mol. The van der Waals surface area contributed by atoms with Crippen LogP contribution in [0.3, 0.4) is 0 Å². The fourth-order valence-corrected chi connectivity index (χ4v) is 3.46. The van der Waals surface area contributed by atoms with Crippen molar-refractivity contribution in [2.45, 2.75) is 38.3 Å². The summed E-state index contributed by atoms with van der Waals surface area (Å²) in [6, 6.07) is 15.3. The zero-order valence-electron chi connectivity index (χ0n) is 17.3. The van der Waals surface area contributed by atoms with Gasteiger partial charge in [0.1, 0.15) is 6.33 Å². The van der Waals surface area contributed by atoms with Crippen molar-refractivity contribution in [3.8, 4) is 5.69 Å². The molecule has 0 atom stereocenters. The molecule has 0 bridgehead atoms. The Balaban J connectivity index is 1.57. The standard InChI is InChI=1S/C22H25N5O2S/c1-4-20(28)24-17-7-9-18(10-8-17)25-21(29)13-30-22-26-23-14-27(22)19-11-5-16(6-12-19)15(2)3/h5-12,14-15H,4,13H2,1-3H3,(H,24,28)(H,25,29). The maximum Gasteiger partial charge on any atom is 0.234 e. The largest absolute Gasteiger partial charge is 0.326 e. The summed E-state index contributed by atoms with van der Waals surface area (Å²) in [6.07, 6.45) is 2.07. The second-order valence-corrected chi connectivity index (χ2v) is 7.99. The van der Waals surface area contributed by atoms with Gasteiger partial charge in [-0.3, -0.25) is 14.2 Å². The van der Waals surface area contributed by atoms with Crippen molar-refractivity contribution in [1.82, 2.24) is 14.8 Å². The Kier molecular flexibility index (Phi) is 7.24. The van der Waals surface area contributed by atoms with Gasteiger partial charge in [-0.1, -0.05) is 44.7 Å². The molecule has 7 nitrogen and oxygen atoms in total. The molecule has 3 rings (SSSR count). The summed E-state index contributed by atoms with van der Waals surface area (Å²) in [4.78, 5) is 23.7. The van der Waals surface area contributed by atoms with Gasteiger partial charge in [0.15, 0.2) is 5.16 Å². The number of carbonyl (C=O) groups is 2. The van der Waals surface area contributed by atoms with Crippen molar-refractivity contribution in [1.29, 1.82) is 0 Å². The number of thioether (sulfide) groups is 1. The van der Waals surface area contributed by atoms with Crippen LogP contribution in [0.2, 0.25) is 0 Å². The lowest BCUT2D eigenvalue weighted by Gasteiger charge is -2.10. The number of amides is 2. The van der Waals surface area contributed by atoms with Gasteiger partial charge in [-0.25, -0.2) is 0 Å². The van der Waals surface area contributed by atoms with E-state index in [2.05, 4.69) is 46.8 Å². The van der Waals surface area contributed by atoms with Crippen molar-refractivity contribution in [3.63, 3.8) is 0 Å². The smallest absolute Gasteiger partial charge is 0.234 e. The molecule has 0 saturated heterocycles. The van der Waals surface area contributed by atoms with Crippen LogP contribution in [0, 0.1) is 0 Å². The number of hydrogen-bond donors (Lipinski definition) is 2. The van der Waals surface area contributed by atoms with Gasteiger partial charge in [0.2, 0.25) is 11.8 Å². The quantitative estimate of drug-likeness (QED) is 0.522. The van der Waals surface area contributed by atoms with Crippen LogP contribution in [0.5, 0.6) is 0 Å². The van der Waals surface area contributed by atoms with Crippen molar-refractivity contribution in [2.75, 3.05) is 16.4 Å². The number of rotatable bonds is 8. The Morgan fingerprint density at radius 2 is 1.57 bits per heavy atom. The van der Waals surface area contributed by atoms with Crippen LogP contribution < -0.4 is 10.6 Å². The number of carbonyl (C=O) groups excluding carboxylic acids is 2. The van der Waals surface area contributed by atoms with Crippen LogP contribution in [0.1, 0.15) is 38.7 Å². The lowest BCUT2D eigenvalue weighted by molar-refractivity contribution is -0.116. The minimum atomic E-state index is -0.143. The molecule has 0 fully saturated rings. The monoisotopic (exact) mass is 423 g/mol. The minimum absolute atomic E-state index is 0.0499. The molecule has 8 heteroatoms. The number of anilines is 2. The Morgan fingerprint density at radius 1 is 0.967 bits per heavy atom. The Labute approximate surface area is 180 Å². The van der Waals surface area contributed by atoms with E-state index in [4.69, 9.17) is 0 Å². The molecule has 2 N–H and O–H groups in total. The highest BCUT2D eigenvalue weighted by molar-refractivity contribution is 7.99. The van der Waals surface area contributed by atoms with Crippen LogP contribution >= 0.6 is 11.8 Å². The van der Waals surface area contributed by atoms with Gasteiger partial charge in [-0.2, -0.15) is 0 Å². The molecule has 0 aliphatic heterocycles. The zero-order chi connectivity index (χ0) is 21.5. The first-order valence-electron chi connectivity index (χ1n) is 9.79. The topological polar surface area (TPSA) is 88.9 Å². The molecule has 1 heterocycles. The highest BCUT2D eigenvalue weighted by atomic mass is 32.2. The van der Waals surface area contributed by atoms with E-state index in [0.29, 0.717) is 28.9 Å². The molecule has 0 aliphatic rings. The molecule has 30 heavy (non-hydrogen) atoms. The van der Waals surface area contributed by atoms with E-state index in [1.165, 1.54) is 17.3 Å². The van der Waals surface area contributed by atoms with Crippen molar-refractivity contribution < 1.29 is 9.59 Å². The molecule has 0 saturated carbocycles. The van der Waals surface area contributed by atoms with E-state index in [1.54, 1.807) is 37.5 Å². The Hall–Kier alpha value is -3.13. The number of nitrogens with zero attached hydrogens (tertiary/aromatic N) is 3. The molecule has 156 valence electrons. The molecule has 1 aromatic heterocycles. The van der Waals surface area contributed by atoms with Crippen LogP contribution in [0.4, 0.5) is 11.4 Å². The molecular formula is C22H25N5O2S. The van der Waals surface area contributed by atoms with Gasteiger partial charge in [0.25, 0.3) is 0 Å². The summed E-state index contributed by atoms with van der Waals surface area (Å²) in [5, 5.41) is 14.4. The maximum atomic E-state index is 12.3. The molecule has 2 aromatic carbocycles. The minimum Gasteiger partial charge on any atom is -0.326 e. The van der Waals surface area contributed by atoms with Crippen LogP contribution in [0.25, 0.3) is 5.69 Å². The number of benzene rings is 2. The third-order valence-electron chi connectivity index (χ3n) is 4.46. The first kappa shape index (κ1) is 21.6. The third kappa shape index (κ3) is 5.70. The predicted molar refractivity (Wildman–Crippen MR) is 120 cm³/mol. The first-order chi connectivity index (χ1) is 14.5. The fourth-order valence-electron chi connectivity index (χ4n) is 2.73. The summed E-state index contributed by atoms with van der Waals surface area (Å²) in [6.45, 7) is 6.11. The number of aromatic nitrogens is 3. The van der Waals surface area contributed by atoms with E-state index < -0.39 is 0 Å². The van der Waals surface area contributed by atoms with Crippen molar-refractivity contribution in [2.24, 2.45) is 0 Å². The summed E-state index contributed by atoms with van der Waals surface area (Å²) in [7, 11) is 0. The van der Waals surface area contributed by atoms with E-state index in [1.807, 2.05) is 16.7 Å². The van der Waals surface area contributed by atoms with Gasteiger partial charge >= 0.3 is 0 Å². The Bertz CT molecular complexity index is 997. The third-order valence-corrected chi connectivity index (χ3v) is 5.40. The Morgan fingerprint density at radius 3 is 2.13 bits per heavy atom. The molecular weight excluding hydrogens is 398 g/mol. The predicted octanol–water partition coefficient (Wildman–Crippen LogP) is 4.47. The van der Waals surface area contributed by atoms with Crippen molar-refractivity contribution >= 4 is 35.0 Å². The molecule has 3 aromatic rings. The van der Waals surface area contributed by atoms with E-state index in [0.717, 1.165) is 5.69 Å². The SMILES string of the molecule is CCC(=O)Nc1ccc(NC(=O)CSc2nncn2-c2ccc(C(C)C)cc2)cc1. The summed E-state index contributed by atoms with van der Waals surface area (Å²) < 4.78 is 1.87. The summed E-state index contributed by atoms with van der Waals surface area (Å²) >= 11 is 1.32. The molecule has 0 unspecified atom stereocenters. The van der Waals surface area contributed by atoms with E-state index in [9.17, 15) is 9.59 Å². The first-order valence-corrected chi connectivity index (χ1v) is 10.8. The fraction of sp³-hybridized carbons (Fsp3) is 0.273. The zero-order valence-corrected chi connectivity index (χ0v) is 18.1. The molecule has 0 radical (unpaired) electrons. The normalized spacial score (nSPS) is 10.8. The maximum absolute atomic E-state index is 12.3.